The molecule has 1 aromatic rings. The largest absolute Gasteiger partial charge is 0.380 e. The van der Waals surface area contributed by atoms with Gasteiger partial charge in [-0.25, -0.2) is 4.68 Å². The van der Waals surface area contributed by atoms with Crippen molar-refractivity contribution in [1.82, 2.24) is 20.3 Å². The molecule has 0 fully saturated rings. The van der Waals surface area contributed by atoms with Crippen molar-refractivity contribution in [3.63, 3.8) is 0 Å². The molecule has 0 aliphatic heterocycles. The molecule has 7 nitrogen and oxygen atoms in total. The third-order valence-electron chi connectivity index (χ3n) is 2.35. The van der Waals surface area contributed by atoms with E-state index in [1.165, 1.54) is 0 Å². The molecule has 18 heavy (non-hydrogen) atoms. The third kappa shape index (κ3) is 5.74. The van der Waals surface area contributed by atoms with Crippen LogP contribution >= 0.6 is 0 Å². The molecule has 0 bridgehead atoms. The third-order valence-corrected chi connectivity index (χ3v) is 2.35. The Labute approximate surface area is 107 Å². The van der Waals surface area contributed by atoms with E-state index in [9.17, 15) is 4.79 Å². The van der Waals surface area contributed by atoms with Crippen molar-refractivity contribution in [2.45, 2.75) is 32.9 Å². The first-order valence-corrected chi connectivity index (χ1v) is 6.19. The van der Waals surface area contributed by atoms with Crippen LogP contribution in [0.3, 0.4) is 0 Å². The number of ether oxygens (including phenoxy) is 1. The van der Waals surface area contributed by atoms with Gasteiger partial charge in [-0.15, -0.1) is 5.10 Å². The van der Waals surface area contributed by atoms with Gasteiger partial charge in [0, 0.05) is 6.61 Å². The molecule has 102 valence electrons. The molecule has 0 unspecified atom stereocenters. The van der Waals surface area contributed by atoms with Gasteiger partial charge in [0.1, 0.15) is 5.69 Å². The zero-order valence-corrected chi connectivity index (χ0v) is 10.8. The van der Waals surface area contributed by atoms with E-state index in [1.807, 2.05) is 0 Å². The summed E-state index contributed by atoms with van der Waals surface area (Å²) in [6.07, 6.45) is 4.00. The Bertz CT molecular complexity index is 353. The minimum absolute atomic E-state index is 0.0145. The maximum Gasteiger partial charge on any atom is 0.234 e. The summed E-state index contributed by atoms with van der Waals surface area (Å²) in [5, 5.41) is 10.5. The SMILES string of the molecule is CCCCOCCn1cc(CNC(=O)CN)nn1. The number of aromatic nitrogens is 3. The molecule has 0 saturated carbocycles. The second-order valence-electron chi connectivity index (χ2n) is 3.92. The molecular weight excluding hydrogens is 234 g/mol. The number of carbonyl (C=O) groups excluding carboxylic acids is 1. The first kappa shape index (κ1) is 14.6. The van der Waals surface area contributed by atoms with Gasteiger partial charge in [-0.1, -0.05) is 18.6 Å². The van der Waals surface area contributed by atoms with Gasteiger partial charge >= 0.3 is 0 Å². The molecule has 1 aromatic heterocycles. The number of nitrogens with one attached hydrogen (secondary N) is 1. The van der Waals surface area contributed by atoms with Gasteiger partial charge in [-0.2, -0.15) is 0 Å². The molecule has 0 aliphatic rings. The van der Waals surface area contributed by atoms with Crippen molar-refractivity contribution in [3.05, 3.63) is 11.9 Å². The fraction of sp³-hybridized carbons (Fsp3) is 0.727. The maximum atomic E-state index is 11.0. The minimum atomic E-state index is -0.201. The first-order chi connectivity index (χ1) is 8.76. The zero-order valence-electron chi connectivity index (χ0n) is 10.8. The van der Waals surface area contributed by atoms with E-state index in [0.717, 1.165) is 19.4 Å². The van der Waals surface area contributed by atoms with E-state index in [0.29, 0.717) is 25.4 Å². The predicted molar refractivity (Wildman–Crippen MR) is 66.7 cm³/mol. The van der Waals surface area contributed by atoms with Crippen LogP contribution in [0.15, 0.2) is 6.20 Å². The Morgan fingerprint density at radius 3 is 3.11 bits per heavy atom. The highest BCUT2D eigenvalue weighted by atomic mass is 16.5. The second kappa shape index (κ2) is 8.60. The molecule has 0 atom stereocenters. The molecule has 1 rings (SSSR count). The summed E-state index contributed by atoms with van der Waals surface area (Å²) >= 11 is 0. The van der Waals surface area contributed by atoms with E-state index in [1.54, 1.807) is 10.9 Å². The van der Waals surface area contributed by atoms with Gasteiger partial charge in [-0.3, -0.25) is 4.79 Å². The molecule has 1 amide bonds. The first-order valence-electron chi connectivity index (χ1n) is 6.19. The van der Waals surface area contributed by atoms with Crippen molar-refractivity contribution in [1.29, 1.82) is 0 Å². The summed E-state index contributed by atoms with van der Waals surface area (Å²) in [7, 11) is 0. The second-order valence-corrected chi connectivity index (χ2v) is 3.92. The van der Waals surface area contributed by atoms with Gasteiger partial charge < -0.3 is 15.8 Å². The number of rotatable bonds is 9. The Kier molecular flexibility index (Phi) is 6.97. The van der Waals surface area contributed by atoms with Crippen LogP contribution in [0.25, 0.3) is 0 Å². The highest BCUT2D eigenvalue weighted by Crippen LogP contribution is 1.94. The lowest BCUT2D eigenvalue weighted by atomic mass is 10.4. The summed E-state index contributed by atoms with van der Waals surface area (Å²) < 4.78 is 7.13. The van der Waals surface area contributed by atoms with E-state index in [2.05, 4.69) is 22.6 Å². The van der Waals surface area contributed by atoms with Crippen molar-refractivity contribution in [2.24, 2.45) is 5.73 Å². The van der Waals surface area contributed by atoms with Gasteiger partial charge in [0.2, 0.25) is 5.91 Å². The molecule has 0 radical (unpaired) electrons. The van der Waals surface area contributed by atoms with Crippen molar-refractivity contribution < 1.29 is 9.53 Å². The van der Waals surface area contributed by atoms with Gasteiger partial charge in [0.15, 0.2) is 0 Å². The number of hydrogen-bond acceptors (Lipinski definition) is 5. The molecule has 0 aliphatic carbocycles. The average Bonchev–Trinajstić information content (AvgIpc) is 2.83. The Morgan fingerprint density at radius 1 is 1.56 bits per heavy atom. The van der Waals surface area contributed by atoms with Crippen LogP contribution < -0.4 is 11.1 Å². The standard InChI is InChI=1S/C11H21N5O2/c1-2-3-5-18-6-4-16-9-10(14-15-16)8-13-11(17)7-12/h9H,2-8,12H2,1H3,(H,13,17). The van der Waals surface area contributed by atoms with Crippen molar-refractivity contribution in [3.8, 4) is 0 Å². The van der Waals surface area contributed by atoms with Crippen LogP contribution in [0.2, 0.25) is 0 Å². The highest BCUT2D eigenvalue weighted by molar-refractivity contribution is 5.77. The smallest absolute Gasteiger partial charge is 0.234 e. The number of unbranched alkanes of at least 4 members (excludes halogenated alkanes) is 1. The van der Waals surface area contributed by atoms with Crippen LogP contribution in [0.5, 0.6) is 0 Å². The normalized spacial score (nSPS) is 10.6. The average molecular weight is 255 g/mol. The molecular formula is C11H21N5O2. The predicted octanol–water partition coefficient (Wildman–Crippen LogP) is -0.330. The fourth-order valence-corrected chi connectivity index (χ4v) is 1.30. The Morgan fingerprint density at radius 2 is 2.39 bits per heavy atom. The zero-order chi connectivity index (χ0) is 13.2. The number of amides is 1. The van der Waals surface area contributed by atoms with Crippen LogP contribution in [0.1, 0.15) is 25.5 Å². The quantitative estimate of drug-likeness (QED) is 0.589. The monoisotopic (exact) mass is 255 g/mol. The van der Waals surface area contributed by atoms with E-state index in [4.69, 9.17) is 10.5 Å². The maximum absolute atomic E-state index is 11.0. The molecule has 7 heteroatoms. The van der Waals surface area contributed by atoms with E-state index < -0.39 is 0 Å². The number of hydrogen-bond donors (Lipinski definition) is 2. The molecule has 0 saturated heterocycles. The Hall–Kier alpha value is -1.47. The Balaban J connectivity index is 2.19. The summed E-state index contributed by atoms with van der Waals surface area (Å²) in [6.45, 7) is 4.54. The van der Waals surface area contributed by atoms with Crippen LogP contribution in [-0.4, -0.2) is 40.7 Å². The molecule has 3 N–H and O–H groups in total. The van der Waals surface area contributed by atoms with Crippen LogP contribution in [-0.2, 0) is 22.6 Å². The van der Waals surface area contributed by atoms with Crippen LogP contribution in [0, 0.1) is 0 Å². The van der Waals surface area contributed by atoms with Gasteiger partial charge in [0.05, 0.1) is 32.4 Å². The summed E-state index contributed by atoms with van der Waals surface area (Å²) in [4.78, 5) is 11.0. The van der Waals surface area contributed by atoms with Crippen molar-refractivity contribution in [2.75, 3.05) is 19.8 Å². The molecule has 0 aromatic carbocycles. The van der Waals surface area contributed by atoms with Gasteiger partial charge in [0.25, 0.3) is 0 Å². The number of nitrogens with two attached hydrogens (primary N) is 1. The lowest BCUT2D eigenvalue weighted by Gasteiger charge is -2.02. The van der Waals surface area contributed by atoms with Crippen molar-refractivity contribution >= 4 is 5.91 Å². The molecule has 0 spiro atoms. The van der Waals surface area contributed by atoms with E-state index >= 15 is 0 Å². The van der Waals surface area contributed by atoms with Crippen LogP contribution in [0.4, 0.5) is 0 Å². The van der Waals surface area contributed by atoms with Gasteiger partial charge in [-0.05, 0) is 6.42 Å². The summed E-state index contributed by atoms with van der Waals surface area (Å²) in [5.74, 6) is -0.201. The topological polar surface area (TPSA) is 95.1 Å². The highest BCUT2D eigenvalue weighted by Gasteiger charge is 2.02. The number of carbonyl (C=O) groups is 1. The summed E-state index contributed by atoms with van der Waals surface area (Å²) in [5.41, 5.74) is 5.89. The lowest BCUT2D eigenvalue weighted by molar-refractivity contribution is -0.119. The molecule has 1 heterocycles. The summed E-state index contributed by atoms with van der Waals surface area (Å²) in [6, 6.07) is 0. The lowest BCUT2D eigenvalue weighted by Crippen LogP contribution is -2.29. The minimum Gasteiger partial charge on any atom is -0.380 e. The fourth-order valence-electron chi connectivity index (χ4n) is 1.30. The van der Waals surface area contributed by atoms with E-state index in [-0.39, 0.29) is 12.5 Å². The number of nitrogens with zero attached hydrogens (tertiary/aromatic N) is 3.